The van der Waals surface area contributed by atoms with Crippen LogP contribution in [0.1, 0.15) is 31.2 Å². The molecule has 0 amide bonds. The average molecular weight is 414 g/mol. The Morgan fingerprint density at radius 2 is 1.82 bits per heavy atom. The summed E-state index contributed by atoms with van der Waals surface area (Å²) < 4.78 is 16.8. The summed E-state index contributed by atoms with van der Waals surface area (Å²) in [6, 6.07) is 5.38. The maximum atomic E-state index is 12.2. The van der Waals surface area contributed by atoms with Crippen molar-refractivity contribution in [2.45, 2.75) is 31.5 Å². The fourth-order valence-corrected chi connectivity index (χ4v) is 3.49. The summed E-state index contributed by atoms with van der Waals surface area (Å²) in [5, 5.41) is 0. The first-order valence-electron chi connectivity index (χ1n) is 7.05. The van der Waals surface area contributed by atoms with E-state index in [-0.39, 0.29) is 5.57 Å². The minimum Gasteiger partial charge on any atom is -0.496 e. The van der Waals surface area contributed by atoms with Gasteiger partial charge in [0, 0.05) is 12.8 Å². The van der Waals surface area contributed by atoms with Crippen LogP contribution >= 0.6 is 22.6 Å². The maximum Gasteiger partial charge on any atom is 0.348 e. The van der Waals surface area contributed by atoms with Crippen LogP contribution in [0.25, 0.3) is 6.08 Å². The highest BCUT2D eigenvalue weighted by molar-refractivity contribution is 14.1. The molecule has 1 heterocycles. The van der Waals surface area contributed by atoms with E-state index in [0.29, 0.717) is 12.8 Å². The number of esters is 2. The van der Waals surface area contributed by atoms with Gasteiger partial charge in [-0.25, -0.2) is 9.59 Å². The first kappa shape index (κ1) is 15.3. The van der Waals surface area contributed by atoms with Crippen molar-refractivity contribution in [3.05, 3.63) is 32.9 Å². The van der Waals surface area contributed by atoms with Crippen LogP contribution in [0.2, 0.25) is 0 Å². The number of carbonyl (C=O) groups excluding carboxylic acids is 2. The van der Waals surface area contributed by atoms with E-state index in [2.05, 4.69) is 22.6 Å². The molecule has 1 aliphatic carbocycles. The van der Waals surface area contributed by atoms with Crippen molar-refractivity contribution in [3.63, 3.8) is 0 Å². The Morgan fingerprint density at radius 3 is 2.36 bits per heavy atom. The number of hydrogen-bond donors (Lipinski definition) is 0. The van der Waals surface area contributed by atoms with Gasteiger partial charge in [0.25, 0.3) is 5.79 Å². The standard InChI is InChI=1S/C16H15IO5/c1-20-13-5-4-10(9-12(13)17)8-11-14(18)21-16(22-15(11)19)6-2-3-7-16/h4-5,8-9H,2-3,6-7H2,1H3. The number of halogens is 1. The third-order valence-corrected chi connectivity index (χ3v) is 4.69. The van der Waals surface area contributed by atoms with Crippen molar-refractivity contribution in [3.8, 4) is 5.75 Å². The van der Waals surface area contributed by atoms with E-state index in [4.69, 9.17) is 14.2 Å². The minimum atomic E-state index is -1.03. The molecule has 2 fully saturated rings. The predicted octanol–water partition coefficient (Wildman–Crippen LogP) is 3.05. The van der Waals surface area contributed by atoms with Gasteiger partial charge in [-0.2, -0.15) is 0 Å². The summed E-state index contributed by atoms with van der Waals surface area (Å²) in [7, 11) is 1.59. The van der Waals surface area contributed by atoms with Crippen molar-refractivity contribution >= 4 is 40.6 Å². The van der Waals surface area contributed by atoms with Crippen LogP contribution in [0.15, 0.2) is 23.8 Å². The highest BCUT2D eigenvalue weighted by atomic mass is 127. The minimum absolute atomic E-state index is 0.0708. The molecule has 0 N–H and O–H groups in total. The van der Waals surface area contributed by atoms with Gasteiger partial charge in [0.15, 0.2) is 0 Å². The Hall–Kier alpha value is -1.57. The molecular formula is C16H15IO5. The lowest BCUT2D eigenvalue weighted by Gasteiger charge is -2.32. The molecule has 5 nitrogen and oxygen atoms in total. The van der Waals surface area contributed by atoms with Crippen LogP contribution in [0.3, 0.4) is 0 Å². The summed E-state index contributed by atoms with van der Waals surface area (Å²) in [5.74, 6) is -1.51. The number of carbonyl (C=O) groups is 2. The van der Waals surface area contributed by atoms with E-state index in [1.54, 1.807) is 19.2 Å². The quantitative estimate of drug-likeness (QED) is 0.322. The van der Waals surface area contributed by atoms with E-state index in [0.717, 1.165) is 27.7 Å². The fourth-order valence-electron chi connectivity index (χ4n) is 2.73. The second-order valence-corrected chi connectivity index (χ2v) is 6.51. The topological polar surface area (TPSA) is 61.8 Å². The molecule has 0 unspecified atom stereocenters. The highest BCUT2D eigenvalue weighted by Crippen LogP contribution is 2.38. The van der Waals surface area contributed by atoms with Crippen molar-refractivity contribution in [1.82, 2.24) is 0 Å². The zero-order valence-electron chi connectivity index (χ0n) is 12.1. The van der Waals surface area contributed by atoms with Gasteiger partial charge in [-0.1, -0.05) is 6.07 Å². The zero-order valence-corrected chi connectivity index (χ0v) is 14.2. The molecule has 1 saturated heterocycles. The summed E-state index contributed by atoms with van der Waals surface area (Å²) in [6.07, 6.45) is 4.46. The lowest BCUT2D eigenvalue weighted by molar-refractivity contribution is -0.232. The smallest absolute Gasteiger partial charge is 0.348 e. The molecule has 3 rings (SSSR count). The van der Waals surface area contributed by atoms with Crippen molar-refractivity contribution in [2.75, 3.05) is 7.11 Å². The summed E-state index contributed by atoms with van der Waals surface area (Å²) >= 11 is 2.13. The Morgan fingerprint density at radius 1 is 1.18 bits per heavy atom. The summed E-state index contributed by atoms with van der Waals surface area (Å²) in [6.45, 7) is 0. The molecule has 1 aromatic rings. The number of hydrogen-bond acceptors (Lipinski definition) is 5. The normalized spacial score (nSPS) is 19.8. The van der Waals surface area contributed by atoms with Gasteiger partial charge in [-0.3, -0.25) is 0 Å². The largest absolute Gasteiger partial charge is 0.496 e. The first-order valence-corrected chi connectivity index (χ1v) is 8.13. The van der Waals surface area contributed by atoms with Gasteiger partial charge in [0.2, 0.25) is 0 Å². The highest BCUT2D eigenvalue weighted by Gasteiger charge is 2.47. The average Bonchev–Trinajstić information content (AvgIpc) is 2.91. The second-order valence-electron chi connectivity index (χ2n) is 5.35. The molecule has 116 valence electrons. The Bertz CT molecular complexity index is 637. The van der Waals surface area contributed by atoms with Gasteiger partial charge >= 0.3 is 11.9 Å². The zero-order chi connectivity index (χ0) is 15.7. The van der Waals surface area contributed by atoms with Crippen LogP contribution in [0, 0.1) is 3.57 Å². The molecule has 1 spiro atoms. The third kappa shape index (κ3) is 2.84. The molecule has 2 aliphatic rings. The van der Waals surface area contributed by atoms with Gasteiger partial charge in [0.05, 0.1) is 10.7 Å². The van der Waals surface area contributed by atoms with Gasteiger partial charge in [-0.05, 0) is 59.2 Å². The molecule has 0 atom stereocenters. The van der Waals surface area contributed by atoms with E-state index < -0.39 is 17.7 Å². The van der Waals surface area contributed by atoms with Crippen LogP contribution in [0.5, 0.6) is 5.75 Å². The molecule has 22 heavy (non-hydrogen) atoms. The van der Waals surface area contributed by atoms with E-state index in [9.17, 15) is 9.59 Å². The fraction of sp³-hybridized carbons (Fsp3) is 0.375. The van der Waals surface area contributed by atoms with Crippen LogP contribution < -0.4 is 4.74 Å². The molecule has 0 radical (unpaired) electrons. The number of methoxy groups -OCH3 is 1. The molecule has 1 aliphatic heterocycles. The predicted molar refractivity (Wildman–Crippen MR) is 87.1 cm³/mol. The Balaban J connectivity index is 1.87. The van der Waals surface area contributed by atoms with Crippen molar-refractivity contribution in [2.24, 2.45) is 0 Å². The van der Waals surface area contributed by atoms with E-state index in [1.807, 2.05) is 6.07 Å². The lowest BCUT2D eigenvalue weighted by Crippen LogP contribution is -2.44. The number of ether oxygens (including phenoxy) is 3. The molecule has 0 bridgehead atoms. The molecule has 6 heteroatoms. The van der Waals surface area contributed by atoms with Crippen LogP contribution in [-0.2, 0) is 19.1 Å². The van der Waals surface area contributed by atoms with Crippen LogP contribution in [-0.4, -0.2) is 24.8 Å². The molecule has 1 saturated carbocycles. The third-order valence-electron chi connectivity index (χ3n) is 3.85. The molecular weight excluding hydrogens is 399 g/mol. The molecule has 1 aromatic carbocycles. The van der Waals surface area contributed by atoms with Gasteiger partial charge in [-0.15, -0.1) is 0 Å². The molecule has 0 aromatic heterocycles. The van der Waals surface area contributed by atoms with Crippen molar-refractivity contribution in [1.29, 1.82) is 0 Å². The van der Waals surface area contributed by atoms with Gasteiger partial charge in [0.1, 0.15) is 11.3 Å². The SMILES string of the molecule is COc1ccc(C=C2C(=O)OC3(CCCC3)OC2=O)cc1I. The van der Waals surface area contributed by atoms with E-state index in [1.165, 1.54) is 6.08 Å². The first-order chi connectivity index (χ1) is 10.5. The summed E-state index contributed by atoms with van der Waals surface area (Å²) in [5.41, 5.74) is 0.648. The monoisotopic (exact) mass is 414 g/mol. The Labute approximate surface area is 141 Å². The second kappa shape index (κ2) is 5.91. The number of benzene rings is 1. The number of rotatable bonds is 2. The Kier molecular flexibility index (Phi) is 4.12. The maximum absolute atomic E-state index is 12.2. The van der Waals surface area contributed by atoms with Gasteiger partial charge < -0.3 is 14.2 Å². The lowest BCUT2D eigenvalue weighted by atomic mass is 10.1. The summed E-state index contributed by atoms with van der Waals surface area (Å²) in [4.78, 5) is 24.3. The van der Waals surface area contributed by atoms with E-state index >= 15 is 0 Å². The van der Waals surface area contributed by atoms with Crippen molar-refractivity contribution < 1.29 is 23.8 Å². The van der Waals surface area contributed by atoms with Crippen LogP contribution in [0.4, 0.5) is 0 Å².